The first-order chi connectivity index (χ1) is 8.22. The lowest BCUT2D eigenvalue weighted by Gasteiger charge is -2.21. The van der Waals surface area contributed by atoms with Gasteiger partial charge in [-0.2, -0.15) is 0 Å². The van der Waals surface area contributed by atoms with Crippen molar-refractivity contribution in [3.8, 4) is 0 Å². The van der Waals surface area contributed by atoms with Gasteiger partial charge in [-0.05, 0) is 18.8 Å². The van der Waals surface area contributed by atoms with Crippen molar-refractivity contribution in [1.82, 2.24) is 5.32 Å². The lowest BCUT2D eigenvalue weighted by Crippen LogP contribution is -2.29. The molecule has 1 N–H and O–H groups in total. The van der Waals surface area contributed by atoms with Crippen molar-refractivity contribution in [2.75, 3.05) is 13.7 Å². The van der Waals surface area contributed by atoms with E-state index in [1.807, 2.05) is 0 Å². The predicted molar refractivity (Wildman–Crippen MR) is 65.5 cm³/mol. The van der Waals surface area contributed by atoms with Crippen LogP contribution in [0, 0.1) is 5.92 Å². The summed E-state index contributed by atoms with van der Waals surface area (Å²) >= 11 is 0. The molecule has 0 unspecified atom stereocenters. The van der Waals surface area contributed by atoms with Gasteiger partial charge in [0.25, 0.3) is 0 Å². The molecule has 0 aromatic carbocycles. The van der Waals surface area contributed by atoms with Gasteiger partial charge < -0.3 is 10.1 Å². The maximum absolute atomic E-state index is 11.4. The fourth-order valence-corrected chi connectivity index (χ4v) is 2.36. The van der Waals surface area contributed by atoms with Gasteiger partial charge in [0.1, 0.15) is 6.54 Å². The summed E-state index contributed by atoms with van der Waals surface area (Å²) in [5.41, 5.74) is 0. The van der Waals surface area contributed by atoms with E-state index in [0.717, 1.165) is 18.8 Å². The van der Waals surface area contributed by atoms with Gasteiger partial charge in [0.15, 0.2) is 0 Å². The number of carbonyl (C=O) groups is 2. The number of methoxy groups -OCH3 is 1. The third kappa shape index (κ3) is 6.29. The van der Waals surface area contributed by atoms with Gasteiger partial charge in [-0.25, -0.2) is 0 Å². The smallest absolute Gasteiger partial charge is 0.325 e. The summed E-state index contributed by atoms with van der Waals surface area (Å²) in [6.07, 6.45) is 9.30. The Balaban J connectivity index is 2.01. The van der Waals surface area contributed by atoms with Gasteiger partial charge in [-0.1, -0.05) is 32.1 Å². The Hall–Kier alpha value is -1.06. The molecule has 0 aromatic rings. The molecule has 1 amide bonds. The molecule has 1 rings (SSSR count). The monoisotopic (exact) mass is 241 g/mol. The quantitative estimate of drug-likeness (QED) is 0.724. The number of carbonyl (C=O) groups excluding carboxylic acids is 2. The minimum Gasteiger partial charge on any atom is -0.468 e. The zero-order chi connectivity index (χ0) is 12.5. The van der Waals surface area contributed by atoms with Gasteiger partial charge in [0, 0.05) is 6.42 Å². The summed E-state index contributed by atoms with van der Waals surface area (Å²) in [6.45, 7) is -0.0151. The molecular weight excluding hydrogens is 218 g/mol. The molecule has 0 heterocycles. The number of rotatable bonds is 6. The highest BCUT2D eigenvalue weighted by Crippen LogP contribution is 2.27. The Morgan fingerprint density at radius 1 is 1.24 bits per heavy atom. The molecule has 4 nitrogen and oxygen atoms in total. The number of ether oxygens (including phenoxy) is 1. The second-order valence-electron chi connectivity index (χ2n) is 4.75. The van der Waals surface area contributed by atoms with E-state index < -0.39 is 5.97 Å². The third-order valence-corrected chi connectivity index (χ3v) is 3.40. The molecule has 0 spiro atoms. The summed E-state index contributed by atoms with van der Waals surface area (Å²) in [6, 6.07) is 0. The first-order valence-corrected chi connectivity index (χ1v) is 6.56. The summed E-state index contributed by atoms with van der Waals surface area (Å²) in [5, 5.41) is 2.56. The van der Waals surface area contributed by atoms with Crippen molar-refractivity contribution < 1.29 is 14.3 Å². The van der Waals surface area contributed by atoms with Gasteiger partial charge in [0.05, 0.1) is 7.11 Å². The molecule has 1 aliphatic carbocycles. The Kier molecular flexibility index (Phi) is 6.67. The van der Waals surface area contributed by atoms with E-state index in [4.69, 9.17) is 0 Å². The topological polar surface area (TPSA) is 55.4 Å². The van der Waals surface area contributed by atoms with E-state index in [-0.39, 0.29) is 12.5 Å². The molecule has 0 aliphatic heterocycles. The number of hydrogen-bond donors (Lipinski definition) is 1. The predicted octanol–water partition coefficient (Wildman–Crippen LogP) is 2.03. The average molecular weight is 241 g/mol. The van der Waals surface area contributed by atoms with Gasteiger partial charge in [0.2, 0.25) is 5.91 Å². The van der Waals surface area contributed by atoms with Crippen LogP contribution in [0.4, 0.5) is 0 Å². The third-order valence-electron chi connectivity index (χ3n) is 3.40. The van der Waals surface area contributed by atoms with Crippen molar-refractivity contribution in [2.45, 2.75) is 51.4 Å². The number of esters is 1. The fraction of sp³-hybridized carbons (Fsp3) is 0.846. The average Bonchev–Trinajstić information content (AvgIpc) is 2.37. The molecule has 1 aliphatic rings. The fourth-order valence-electron chi connectivity index (χ4n) is 2.36. The standard InChI is InChI=1S/C13H23NO3/c1-17-13(16)10-14-12(15)9-5-8-11-6-3-2-4-7-11/h11H,2-10H2,1H3,(H,14,15). The van der Waals surface area contributed by atoms with Crippen LogP contribution in [0.15, 0.2) is 0 Å². The highest BCUT2D eigenvalue weighted by molar-refractivity contribution is 5.81. The van der Waals surface area contributed by atoms with Crippen molar-refractivity contribution in [2.24, 2.45) is 5.92 Å². The zero-order valence-corrected chi connectivity index (χ0v) is 10.7. The van der Waals surface area contributed by atoms with E-state index in [1.54, 1.807) is 0 Å². The Morgan fingerprint density at radius 2 is 1.94 bits per heavy atom. The Bertz CT molecular complexity index is 247. The minimum absolute atomic E-state index is 0.0151. The van der Waals surface area contributed by atoms with Crippen LogP contribution in [-0.4, -0.2) is 25.5 Å². The molecule has 17 heavy (non-hydrogen) atoms. The lowest BCUT2D eigenvalue weighted by molar-refractivity contribution is -0.141. The van der Waals surface area contributed by atoms with Crippen LogP contribution in [-0.2, 0) is 14.3 Å². The summed E-state index contributed by atoms with van der Waals surface area (Å²) in [5.74, 6) is 0.369. The van der Waals surface area contributed by atoms with Crippen LogP contribution < -0.4 is 5.32 Å². The molecule has 0 atom stereocenters. The molecule has 0 saturated heterocycles. The Morgan fingerprint density at radius 3 is 2.59 bits per heavy atom. The first-order valence-electron chi connectivity index (χ1n) is 6.56. The normalized spacial score (nSPS) is 16.5. The van der Waals surface area contributed by atoms with Crippen molar-refractivity contribution in [3.63, 3.8) is 0 Å². The molecular formula is C13H23NO3. The van der Waals surface area contributed by atoms with Crippen LogP contribution in [0.5, 0.6) is 0 Å². The van der Waals surface area contributed by atoms with Crippen LogP contribution in [0.3, 0.4) is 0 Å². The largest absolute Gasteiger partial charge is 0.468 e. The maximum Gasteiger partial charge on any atom is 0.325 e. The van der Waals surface area contributed by atoms with E-state index in [2.05, 4.69) is 10.1 Å². The van der Waals surface area contributed by atoms with E-state index in [9.17, 15) is 9.59 Å². The van der Waals surface area contributed by atoms with Crippen molar-refractivity contribution in [3.05, 3.63) is 0 Å². The van der Waals surface area contributed by atoms with E-state index in [0.29, 0.717) is 6.42 Å². The van der Waals surface area contributed by atoms with Crippen molar-refractivity contribution in [1.29, 1.82) is 0 Å². The number of amides is 1. The molecule has 0 aromatic heterocycles. The second kappa shape index (κ2) is 8.09. The second-order valence-corrected chi connectivity index (χ2v) is 4.75. The molecule has 1 saturated carbocycles. The molecule has 0 bridgehead atoms. The van der Waals surface area contributed by atoms with E-state index >= 15 is 0 Å². The van der Waals surface area contributed by atoms with Crippen LogP contribution in [0.25, 0.3) is 0 Å². The molecule has 4 heteroatoms. The van der Waals surface area contributed by atoms with Crippen LogP contribution in [0.1, 0.15) is 51.4 Å². The first kappa shape index (κ1) is 14.0. The summed E-state index contributed by atoms with van der Waals surface area (Å²) < 4.78 is 4.45. The minimum atomic E-state index is -0.398. The van der Waals surface area contributed by atoms with Gasteiger partial charge >= 0.3 is 5.97 Å². The van der Waals surface area contributed by atoms with Crippen LogP contribution in [0.2, 0.25) is 0 Å². The van der Waals surface area contributed by atoms with Crippen molar-refractivity contribution >= 4 is 11.9 Å². The molecule has 0 radical (unpaired) electrons. The maximum atomic E-state index is 11.4. The number of nitrogens with one attached hydrogen (secondary N) is 1. The number of hydrogen-bond acceptors (Lipinski definition) is 3. The Labute approximate surface area is 103 Å². The van der Waals surface area contributed by atoms with Gasteiger partial charge in [-0.15, -0.1) is 0 Å². The van der Waals surface area contributed by atoms with Gasteiger partial charge in [-0.3, -0.25) is 9.59 Å². The zero-order valence-electron chi connectivity index (χ0n) is 10.7. The van der Waals surface area contributed by atoms with E-state index in [1.165, 1.54) is 39.2 Å². The highest BCUT2D eigenvalue weighted by Gasteiger charge is 2.13. The summed E-state index contributed by atoms with van der Waals surface area (Å²) in [4.78, 5) is 22.2. The summed E-state index contributed by atoms with van der Waals surface area (Å²) in [7, 11) is 1.32. The molecule has 98 valence electrons. The lowest BCUT2D eigenvalue weighted by atomic mass is 9.86. The molecule has 1 fully saturated rings. The highest BCUT2D eigenvalue weighted by atomic mass is 16.5. The SMILES string of the molecule is COC(=O)CNC(=O)CCCC1CCCCC1. The van der Waals surface area contributed by atoms with Crippen LogP contribution >= 0.6 is 0 Å².